The van der Waals surface area contributed by atoms with Crippen LogP contribution in [0.1, 0.15) is 17.5 Å². The van der Waals surface area contributed by atoms with Gasteiger partial charge in [0.2, 0.25) is 5.91 Å². The van der Waals surface area contributed by atoms with Gasteiger partial charge in [-0.1, -0.05) is 23.9 Å². The van der Waals surface area contributed by atoms with E-state index >= 15 is 0 Å². The van der Waals surface area contributed by atoms with Crippen molar-refractivity contribution >= 4 is 34.4 Å². The molecule has 0 aliphatic carbocycles. The Morgan fingerprint density at radius 1 is 1.38 bits per heavy atom. The van der Waals surface area contributed by atoms with Gasteiger partial charge in [0.25, 0.3) is 5.91 Å². The highest BCUT2D eigenvalue weighted by atomic mass is 32.2. The summed E-state index contributed by atoms with van der Waals surface area (Å²) >= 11 is 1.34. The van der Waals surface area contributed by atoms with E-state index in [9.17, 15) is 9.59 Å². The van der Waals surface area contributed by atoms with E-state index in [1.807, 2.05) is 46.1 Å². The number of amides is 2. The fourth-order valence-corrected chi connectivity index (χ4v) is 2.94. The molecule has 1 heterocycles. The number of rotatable bonds is 3. The predicted octanol–water partition coefficient (Wildman–Crippen LogP) is 2.19. The zero-order valence-corrected chi connectivity index (χ0v) is 13.5. The molecular weight excluding hydrogens is 286 g/mol. The van der Waals surface area contributed by atoms with Crippen LogP contribution in [0.3, 0.4) is 0 Å². The topological polar surface area (TPSA) is 61.8 Å². The molecule has 112 valence electrons. The van der Waals surface area contributed by atoms with Gasteiger partial charge >= 0.3 is 0 Å². The number of benzene rings is 1. The van der Waals surface area contributed by atoms with Crippen molar-refractivity contribution in [2.24, 2.45) is 4.99 Å². The summed E-state index contributed by atoms with van der Waals surface area (Å²) in [6, 6.07) is 5.89. The van der Waals surface area contributed by atoms with Crippen LogP contribution in [0.2, 0.25) is 0 Å². The normalized spacial score (nSPS) is 17.6. The fourth-order valence-electron chi connectivity index (χ4n) is 1.94. The van der Waals surface area contributed by atoms with Crippen molar-refractivity contribution in [3.8, 4) is 0 Å². The van der Waals surface area contributed by atoms with Gasteiger partial charge in [-0.15, -0.1) is 0 Å². The maximum atomic E-state index is 12.1. The van der Waals surface area contributed by atoms with Crippen molar-refractivity contribution < 1.29 is 9.59 Å². The second-order valence-electron chi connectivity index (χ2n) is 5.30. The molecule has 2 rings (SSSR count). The van der Waals surface area contributed by atoms with Crippen molar-refractivity contribution in [1.82, 2.24) is 4.90 Å². The molecule has 1 N–H and O–H groups in total. The van der Waals surface area contributed by atoms with Gasteiger partial charge in [0, 0.05) is 26.2 Å². The SMILES string of the molecule is Cc1ccc(C)c(NC(=O)CC2SC(N(C)C)=NC2=O)c1. The lowest BCUT2D eigenvalue weighted by molar-refractivity contribution is -0.121. The number of hydrogen-bond donors (Lipinski definition) is 1. The van der Waals surface area contributed by atoms with Gasteiger partial charge in [0.1, 0.15) is 5.25 Å². The van der Waals surface area contributed by atoms with E-state index in [4.69, 9.17) is 0 Å². The van der Waals surface area contributed by atoms with Crippen molar-refractivity contribution in [3.05, 3.63) is 29.3 Å². The Morgan fingerprint density at radius 3 is 2.71 bits per heavy atom. The van der Waals surface area contributed by atoms with E-state index < -0.39 is 5.25 Å². The van der Waals surface area contributed by atoms with Crippen LogP contribution >= 0.6 is 11.8 Å². The Bertz CT molecular complexity index is 611. The highest BCUT2D eigenvalue weighted by Gasteiger charge is 2.31. The summed E-state index contributed by atoms with van der Waals surface area (Å²) in [6.45, 7) is 3.92. The third-order valence-corrected chi connectivity index (χ3v) is 4.47. The average Bonchev–Trinajstić information content (AvgIpc) is 2.75. The van der Waals surface area contributed by atoms with E-state index in [-0.39, 0.29) is 18.2 Å². The predicted molar refractivity (Wildman–Crippen MR) is 86.7 cm³/mol. The first-order valence-corrected chi connectivity index (χ1v) is 7.58. The number of aryl methyl sites for hydroxylation is 2. The number of nitrogens with one attached hydrogen (secondary N) is 1. The molecule has 1 unspecified atom stereocenters. The van der Waals surface area contributed by atoms with Gasteiger partial charge in [0.05, 0.1) is 0 Å². The van der Waals surface area contributed by atoms with E-state index in [1.54, 1.807) is 4.90 Å². The Labute approximate surface area is 128 Å². The minimum absolute atomic E-state index is 0.137. The van der Waals surface area contributed by atoms with Gasteiger partial charge in [0.15, 0.2) is 5.17 Å². The third kappa shape index (κ3) is 3.85. The molecule has 0 aromatic heterocycles. The average molecular weight is 305 g/mol. The number of anilines is 1. The molecule has 1 aromatic rings. The van der Waals surface area contributed by atoms with Crippen LogP contribution in [0.4, 0.5) is 5.69 Å². The summed E-state index contributed by atoms with van der Waals surface area (Å²) in [6.07, 6.45) is 0.137. The summed E-state index contributed by atoms with van der Waals surface area (Å²) in [5.74, 6) is -0.399. The number of aliphatic imine (C=N–C) groups is 1. The first kappa shape index (κ1) is 15.6. The number of carbonyl (C=O) groups excluding carboxylic acids is 2. The maximum absolute atomic E-state index is 12.1. The summed E-state index contributed by atoms with van der Waals surface area (Å²) in [5.41, 5.74) is 2.88. The van der Waals surface area contributed by atoms with Gasteiger partial charge in [-0.25, -0.2) is 0 Å². The lowest BCUT2D eigenvalue weighted by atomic mass is 10.1. The molecule has 1 aliphatic heterocycles. The standard InChI is InChI=1S/C15H19N3O2S/c1-9-5-6-10(2)11(7-9)16-13(19)8-12-14(20)17-15(21-12)18(3)4/h5-7,12H,8H2,1-4H3,(H,16,19). The Morgan fingerprint density at radius 2 is 2.10 bits per heavy atom. The van der Waals surface area contributed by atoms with E-state index in [0.717, 1.165) is 16.8 Å². The summed E-state index contributed by atoms with van der Waals surface area (Å²) in [7, 11) is 3.66. The highest BCUT2D eigenvalue weighted by molar-refractivity contribution is 8.15. The molecule has 1 aliphatic rings. The van der Waals surface area contributed by atoms with Crippen molar-refractivity contribution in [2.75, 3.05) is 19.4 Å². The van der Waals surface area contributed by atoms with E-state index in [0.29, 0.717) is 5.17 Å². The van der Waals surface area contributed by atoms with Crippen molar-refractivity contribution in [2.45, 2.75) is 25.5 Å². The van der Waals surface area contributed by atoms with Gasteiger partial charge in [-0.05, 0) is 31.0 Å². The molecule has 1 atom stereocenters. The molecule has 2 amide bonds. The molecule has 0 bridgehead atoms. The van der Waals surface area contributed by atoms with Crippen LogP contribution in [0.25, 0.3) is 0 Å². The number of amidine groups is 1. The van der Waals surface area contributed by atoms with Crippen LogP contribution < -0.4 is 5.32 Å². The van der Waals surface area contributed by atoms with Crippen LogP contribution in [0, 0.1) is 13.8 Å². The molecule has 21 heavy (non-hydrogen) atoms. The first-order valence-electron chi connectivity index (χ1n) is 6.70. The summed E-state index contributed by atoms with van der Waals surface area (Å²) in [5, 5.41) is 3.11. The van der Waals surface area contributed by atoms with Crippen LogP contribution in [-0.2, 0) is 9.59 Å². The minimum Gasteiger partial charge on any atom is -0.357 e. The quantitative estimate of drug-likeness (QED) is 0.930. The van der Waals surface area contributed by atoms with E-state index in [2.05, 4.69) is 10.3 Å². The molecular formula is C15H19N3O2S. The number of hydrogen-bond acceptors (Lipinski definition) is 4. The lowest BCUT2D eigenvalue weighted by Crippen LogP contribution is -2.22. The third-order valence-electron chi connectivity index (χ3n) is 3.15. The molecule has 0 spiro atoms. The molecule has 6 heteroatoms. The molecule has 1 aromatic carbocycles. The van der Waals surface area contributed by atoms with Gasteiger partial charge < -0.3 is 10.2 Å². The fraction of sp³-hybridized carbons (Fsp3) is 0.400. The van der Waals surface area contributed by atoms with Gasteiger partial charge in [-0.2, -0.15) is 4.99 Å². The largest absolute Gasteiger partial charge is 0.357 e. The maximum Gasteiger partial charge on any atom is 0.262 e. The summed E-state index contributed by atoms with van der Waals surface area (Å²) in [4.78, 5) is 29.6. The number of nitrogens with zero attached hydrogens (tertiary/aromatic N) is 2. The zero-order valence-electron chi connectivity index (χ0n) is 12.6. The van der Waals surface area contributed by atoms with E-state index in [1.165, 1.54) is 11.8 Å². The van der Waals surface area contributed by atoms with Gasteiger partial charge in [-0.3, -0.25) is 9.59 Å². The molecule has 0 radical (unpaired) electrons. The van der Waals surface area contributed by atoms with Crippen LogP contribution in [0.15, 0.2) is 23.2 Å². The summed E-state index contributed by atoms with van der Waals surface area (Å²) < 4.78 is 0. The molecule has 0 fully saturated rings. The lowest BCUT2D eigenvalue weighted by Gasteiger charge is -2.13. The second-order valence-corrected chi connectivity index (χ2v) is 6.47. The Hall–Kier alpha value is -1.82. The zero-order chi connectivity index (χ0) is 15.6. The Balaban J connectivity index is 1.97. The van der Waals surface area contributed by atoms with Crippen LogP contribution in [-0.4, -0.2) is 41.2 Å². The van der Waals surface area contributed by atoms with Crippen molar-refractivity contribution in [1.29, 1.82) is 0 Å². The molecule has 0 saturated carbocycles. The molecule has 0 saturated heterocycles. The second kappa shape index (κ2) is 6.30. The monoisotopic (exact) mass is 305 g/mol. The number of carbonyl (C=O) groups is 2. The minimum atomic E-state index is -0.424. The van der Waals surface area contributed by atoms with Crippen molar-refractivity contribution in [3.63, 3.8) is 0 Å². The molecule has 5 nitrogen and oxygen atoms in total. The highest BCUT2D eigenvalue weighted by Crippen LogP contribution is 2.26. The first-order chi connectivity index (χ1) is 9.86. The number of thioether (sulfide) groups is 1. The Kier molecular flexibility index (Phi) is 4.67. The van der Waals surface area contributed by atoms with Crippen LogP contribution in [0.5, 0.6) is 0 Å². The smallest absolute Gasteiger partial charge is 0.262 e.